The summed E-state index contributed by atoms with van der Waals surface area (Å²) >= 11 is 0. The average molecular weight is 358 g/mol. The van der Waals surface area contributed by atoms with Crippen LogP contribution in [0.1, 0.15) is 44.0 Å². The predicted molar refractivity (Wildman–Crippen MR) is 96.8 cm³/mol. The first kappa shape index (κ1) is 18.4. The van der Waals surface area contributed by atoms with Gasteiger partial charge in [0.2, 0.25) is 5.91 Å². The second-order valence-electron chi connectivity index (χ2n) is 7.12. The van der Waals surface area contributed by atoms with E-state index in [1.807, 2.05) is 38.1 Å². The molecule has 0 spiro atoms. The molecule has 1 atom stereocenters. The van der Waals surface area contributed by atoms with Crippen molar-refractivity contribution in [1.29, 1.82) is 0 Å². The van der Waals surface area contributed by atoms with Crippen LogP contribution in [-0.4, -0.2) is 51.1 Å². The van der Waals surface area contributed by atoms with E-state index in [1.165, 1.54) is 0 Å². The number of carbonyl (C=O) groups is 1. The molecule has 1 saturated heterocycles. The highest BCUT2D eigenvalue weighted by molar-refractivity contribution is 5.79. The zero-order chi connectivity index (χ0) is 18.7. The Hall–Kier alpha value is -2.41. The Kier molecular flexibility index (Phi) is 5.27. The van der Waals surface area contributed by atoms with Crippen molar-refractivity contribution in [2.24, 2.45) is 0 Å². The Balaban J connectivity index is 1.73. The van der Waals surface area contributed by atoms with E-state index in [0.29, 0.717) is 24.4 Å². The number of aliphatic hydroxyl groups is 1. The van der Waals surface area contributed by atoms with Crippen molar-refractivity contribution in [3.63, 3.8) is 0 Å². The lowest BCUT2D eigenvalue weighted by molar-refractivity contribution is -0.138. The molecule has 0 unspecified atom stereocenters. The molecule has 2 aromatic rings. The molecule has 1 aromatic carbocycles. The molecule has 7 heteroatoms. The number of piperidine rings is 1. The zero-order valence-corrected chi connectivity index (χ0v) is 15.6. The van der Waals surface area contributed by atoms with Crippen LogP contribution in [0.3, 0.4) is 0 Å². The van der Waals surface area contributed by atoms with Crippen LogP contribution < -0.4 is 4.74 Å². The van der Waals surface area contributed by atoms with Crippen molar-refractivity contribution in [1.82, 2.24) is 19.9 Å². The monoisotopic (exact) mass is 358 g/mol. The molecule has 2 heterocycles. The molecule has 0 saturated carbocycles. The molecule has 1 aliphatic heterocycles. The van der Waals surface area contributed by atoms with Crippen LogP contribution in [0.5, 0.6) is 5.75 Å². The maximum Gasteiger partial charge on any atom is 0.227 e. The molecular formula is C19H26N4O3. The Labute approximate surface area is 153 Å². The van der Waals surface area contributed by atoms with Gasteiger partial charge in [-0.1, -0.05) is 23.4 Å². The van der Waals surface area contributed by atoms with Gasteiger partial charge >= 0.3 is 0 Å². The Bertz CT molecular complexity index is 774. The Morgan fingerprint density at radius 1 is 1.38 bits per heavy atom. The Morgan fingerprint density at radius 3 is 2.85 bits per heavy atom. The molecule has 1 aromatic heterocycles. The summed E-state index contributed by atoms with van der Waals surface area (Å²) in [4.78, 5) is 14.5. The molecule has 1 fully saturated rings. The van der Waals surface area contributed by atoms with Crippen molar-refractivity contribution in [3.05, 3.63) is 41.7 Å². The number of nitrogens with zero attached hydrogens (tertiary/aromatic N) is 4. The molecular weight excluding hydrogens is 332 g/mol. The van der Waals surface area contributed by atoms with Gasteiger partial charge in [0.1, 0.15) is 17.0 Å². The smallest absolute Gasteiger partial charge is 0.227 e. The fourth-order valence-electron chi connectivity index (χ4n) is 3.32. The summed E-state index contributed by atoms with van der Waals surface area (Å²) in [7, 11) is 1.60. The first-order chi connectivity index (χ1) is 12.4. The summed E-state index contributed by atoms with van der Waals surface area (Å²) in [6.07, 6.45) is 3.32. The molecule has 3 rings (SSSR count). The molecule has 7 nitrogen and oxygen atoms in total. The highest BCUT2D eigenvalue weighted by atomic mass is 16.5. The lowest BCUT2D eigenvalue weighted by Crippen LogP contribution is -2.49. The number of carbonyl (C=O) groups excluding carboxylic acids is 1. The van der Waals surface area contributed by atoms with E-state index in [2.05, 4.69) is 10.3 Å². The van der Waals surface area contributed by atoms with Gasteiger partial charge in [0, 0.05) is 18.2 Å². The second kappa shape index (κ2) is 7.45. The van der Waals surface area contributed by atoms with E-state index < -0.39 is 5.60 Å². The van der Waals surface area contributed by atoms with E-state index in [9.17, 15) is 9.90 Å². The normalized spacial score (nSPS) is 20.4. The minimum Gasteiger partial charge on any atom is -0.496 e. The van der Waals surface area contributed by atoms with Gasteiger partial charge in [-0.25, -0.2) is 4.68 Å². The van der Waals surface area contributed by atoms with E-state index >= 15 is 0 Å². The average Bonchev–Trinajstić information content (AvgIpc) is 3.13. The van der Waals surface area contributed by atoms with Crippen LogP contribution in [0, 0.1) is 0 Å². The van der Waals surface area contributed by atoms with Crippen LogP contribution >= 0.6 is 0 Å². The highest BCUT2D eigenvalue weighted by Crippen LogP contribution is 2.31. The van der Waals surface area contributed by atoms with Gasteiger partial charge in [0.05, 0.1) is 26.3 Å². The number of methoxy groups -OCH3 is 1. The predicted octanol–water partition coefficient (Wildman–Crippen LogP) is 1.92. The number of hydrogen-bond acceptors (Lipinski definition) is 5. The van der Waals surface area contributed by atoms with Crippen LogP contribution in [-0.2, 0) is 16.8 Å². The summed E-state index contributed by atoms with van der Waals surface area (Å²) in [5, 5.41) is 19.3. The van der Waals surface area contributed by atoms with Crippen molar-refractivity contribution >= 4 is 5.91 Å². The Morgan fingerprint density at radius 2 is 2.15 bits per heavy atom. The standard InChI is InChI=1S/C19H26N4O3/c1-14(2)23-12-17(20-21-23)19(25)9-6-10-22(13-19)18(24)11-15-7-4-5-8-16(15)26-3/h4-5,7-8,12,14,25H,6,9-11,13H2,1-3H3/t19-/m1/s1. The van der Waals surface area contributed by atoms with Gasteiger partial charge < -0.3 is 14.7 Å². The summed E-state index contributed by atoms with van der Waals surface area (Å²) < 4.78 is 7.05. The minimum absolute atomic E-state index is 0.0242. The van der Waals surface area contributed by atoms with Crippen LogP contribution in [0.4, 0.5) is 0 Å². The highest BCUT2D eigenvalue weighted by Gasteiger charge is 2.39. The maximum absolute atomic E-state index is 12.8. The molecule has 0 aliphatic carbocycles. The lowest BCUT2D eigenvalue weighted by atomic mass is 9.89. The molecule has 1 aliphatic rings. The third-order valence-corrected chi connectivity index (χ3v) is 4.87. The first-order valence-electron chi connectivity index (χ1n) is 8.97. The summed E-state index contributed by atoms with van der Waals surface area (Å²) in [5.41, 5.74) is 0.225. The number of amides is 1. The van der Waals surface area contributed by atoms with Gasteiger partial charge in [0.15, 0.2) is 0 Å². The van der Waals surface area contributed by atoms with E-state index in [0.717, 1.165) is 12.0 Å². The number of aromatic nitrogens is 3. The SMILES string of the molecule is COc1ccccc1CC(=O)N1CCC[C@](O)(c2cn(C(C)C)nn2)C1. The van der Waals surface area contributed by atoms with Crippen molar-refractivity contribution in [2.75, 3.05) is 20.2 Å². The van der Waals surface area contributed by atoms with E-state index in [1.54, 1.807) is 22.9 Å². The zero-order valence-electron chi connectivity index (χ0n) is 15.6. The number of para-hydroxylation sites is 1. The topological polar surface area (TPSA) is 80.5 Å². The number of rotatable bonds is 5. The van der Waals surface area contributed by atoms with Gasteiger partial charge in [-0.3, -0.25) is 4.79 Å². The largest absolute Gasteiger partial charge is 0.496 e. The van der Waals surface area contributed by atoms with Gasteiger partial charge in [-0.05, 0) is 32.8 Å². The minimum atomic E-state index is -1.15. The number of hydrogen-bond donors (Lipinski definition) is 1. The molecule has 1 N–H and O–H groups in total. The van der Waals surface area contributed by atoms with Crippen molar-refractivity contribution < 1.29 is 14.6 Å². The van der Waals surface area contributed by atoms with Crippen molar-refractivity contribution in [2.45, 2.75) is 44.8 Å². The maximum atomic E-state index is 12.8. The molecule has 1 amide bonds. The summed E-state index contributed by atoms with van der Waals surface area (Å²) in [6.45, 7) is 4.88. The van der Waals surface area contributed by atoms with Crippen LogP contribution in [0.25, 0.3) is 0 Å². The summed E-state index contributed by atoms with van der Waals surface area (Å²) in [6, 6.07) is 7.68. The molecule has 26 heavy (non-hydrogen) atoms. The molecule has 140 valence electrons. The quantitative estimate of drug-likeness (QED) is 0.883. The van der Waals surface area contributed by atoms with Crippen LogP contribution in [0.2, 0.25) is 0 Å². The number of ether oxygens (including phenoxy) is 1. The van der Waals surface area contributed by atoms with E-state index in [4.69, 9.17) is 4.74 Å². The third kappa shape index (κ3) is 3.72. The van der Waals surface area contributed by atoms with Crippen molar-refractivity contribution in [3.8, 4) is 5.75 Å². The van der Waals surface area contributed by atoms with Crippen LogP contribution in [0.15, 0.2) is 30.5 Å². The second-order valence-corrected chi connectivity index (χ2v) is 7.12. The number of benzene rings is 1. The summed E-state index contributed by atoms with van der Waals surface area (Å²) in [5.74, 6) is 0.678. The number of likely N-dealkylation sites (tertiary alicyclic amines) is 1. The number of β-amino-alcohol motifs (C(OH)–C–C–N with tert-alkyl or cyclic N) is 1. The lowest BCUT2D eigenvalue weighted by Gasteiger charge is -2.38. The third-order valence-electron chi connectivity index (χ3n) is 4.87. The fraction of sp³-hybridized carbons (Fsp3) is 0.526. The molecule has 0 bridgehead atoms. The van der Waals surface area contributed by atoms with Gasteiger partial charge in [-0.2, -0.15) is 0 Å². The van der Waals surface area contributed by atoms with Gasteiger partial charge in [0.25, 0.3) is 0 Å². The first-order valence-corrected chi connectivity index (χ1v) is 8.97. The van der Waals surface area contributed by atoms with Gasteiger partial charge in [-0.15, -0.1) is 5.10 Å². The van der Waals surface area contributed by atoms with E-state index in [-0.39, 0.29) is 24.9 Å². The fourth-order valence-corrected chi connectivity index (χ4v) is 3.32. The molecule has 0 radical (unpaired) electrons.